The molecule has 1 heterocycles. The summed E-state index contributed by atoms with van der Waals surface area (Å²) in [5.41, 5.74) is 0.198. The van der Waals surface area contributed by atoms with Crippen LogP contribution in [0.3, 0.4) is 0 Å². The zero-order valence-electron chi connectivity index (χ0n) is 10.3. The number of likely N-dealkylation sites (tertiary alicyclic amines) is 1. The van der Waals surface area contributed by atoms with Gasteiger partial charge in [0, 0.05) is 13.1 Å². The van der Waals surface area contributed by atoms with E-state index in [0.717, 1.165) is 25.9 Å². The predicted octanol–water partition coefficient (Wildman–Crippen LogP) is 3.43. The molecule has 1 fully saturated rings. The van der Waals surface area contributed by atoms with Crippen molar-refractivity contribution in [3.63, 3.8) is 0 Å². The molecule has 0 spiro atoms. The summed E-state index contributed by atoms with van der Waals surface area (Å²) in [7, 11) is 0. The Morgan fingerprint density at radius 1 is 1.26 bits per heavy atom. The lowest BCUT2D eigenvalue weighted by Gasteiger charge is -2.25. The minimum absolute atomic E-state index is 0.164. The van der Waals surface area contributed by atoms with Crippen LogP contribution in [0.4, 0.5) is 8.78 Å². The number of hydrogen-bond donors (Lipinski definition) is 1. The second-order valence-electron chi connectivity index (χ2n) is 4.44. The summed E-state index contributed by atoms with van der Waals surface area (Å²) in [6.45, 7) is 1.45. The average molecular weight is 303 g/mol. The van der Waals surface area contributed by atoms with Crippen LogP contribution in [-0.2, 0) is 0 Å². The fraction of sp³-hybridized carbons (Fsp3) is 0.462. The van der Waals surface area contributed by atoms with Gasteiger partial charge < -0.3 is 10.0 Å². The van der Waals surface area contributed by atoms with Gasteiger partial charge in [0.05, 0.1) is 0 Å². The Morgan fingerprint density at radius 3 is 2.42 bits per heavy atom. The van der Waals surface area contributed by atoms with Gasteiger partial charge in [-0.1, -0.05) is 42.5 Å². The van der Waals surface area contributed by atoms with E-state index in [2.05, 4.69) is 0 Å². The van der Waals surface area contributed by atoms with E-state index in [0.29, 0.717) is 0 Å². The number of nitrogens with zero attached hydrogens (tertiary/aromatic N) is 1. The molecule has 1 aromatic rings. The van der Waals surface area contributed by atoms with Crippen LogP contribution in [0, 0.1) is 0 Å². The van der Waals surface area contributed by atoms with Crippen LogP contribution < -0.4 is 0 Å². The van der Waals surface area contributed by atoms with Crippen LogP contribution in [0.15, 0.2) is 30.3 Å². The molecule has 1 aromatic carbocycles. The summed E-state index contributed by atoms with van der Waals surface area (Å²) in [6.07, 6.45) is 0.111. The number of halogens is 2. The van der Waals surface area contributed by atoms with Crippen LogP contribution in [0.25, 0.3) is 0 Å². The maximum absolute atomic E-state index is 14.0. The van der Waals surface area contributed by atoms with E-state index in [1.807, 2.05) is 0 Å². The predicted molar refractivity (Wildman–Crippen MR) is 77.3 cm³/mol. The SMILES string of the molecule is OC(c1ccccc1)C(F)(F)SC(=S)N1CCCC1. The molecule has 0 saturated carbocycles. The number of thioether (sulfide) groups is 1. The van der Waals surface area contributed by atoms with Crippen molar-refractivity contribution in [1.82, 2.24) is 4.90 Å². The molecule has 0 radical (unpaired) electrons. The van der Waals surface area contributed by atoms with Gasteiger partial charge in [0.2, 0.25) is 0 Å². The molecular formula is C13H15F2NOS2. The molecule has 2 nitrogen and oxygen atoms in total. The van der Waals surface area contributed by atoms with Crippen molar-refractivity contribution in [2.24, 2.45) is 0 Å². The molecule has 0 aliphatic carbocycles. The highest BCUT2D eigenvalue weighted by Gasteiger charge is 2.42. The zero-order chi connectivity index (χ0) is 13.9. The Bertz CT molecular complexity index is 436. The molecule has 1 aliphatic heterocycles. The van der Waals surface area contributed by atoms with Crippen LogP contribution in [0.2, 0.25) is 0 Å². The number of aliphatic hydroxyl groups excluding tert-OH is 1. The van der Waals surface area contributed by atoms with E-state index in [-0.39, 0.29) is 21.6 Å². The van der Waals surface area contributed by atoms with Crippen LogP contribution in [0.5, 0.6) is 0 Å². The fourth-order valence-electron chi connectivity index (χ4n) is 1.97. The third kappa shape index (κ3) is 3.64. The van der Waals surface area contributed by atoms with E-state index in [4.69, 9.17) is 12.2 Å². The second kappa shape index (κ2) is 6.15. The van der Waals surface area contributed by atoms with E-state index < -0.39 is 11.4 Å². The summed E-state index contributed by atoms with van der Waals surface area (Å²) in [4.78, 5) is 1.77. The minimum Gasteiger partial charge on any atom is -0.381 e. The van der Waals surface area contributed by atoms with E-state index >= 15 is 0 Å². The van der Waals surface area contributed by atoms with E-state index in [9.17, 15) is 13.9 Å². The largest absolute Gasteiger partial charge is 0.381 e. The number of alkyl halides is 2. The number of rotatable bonds is 3. The standard InChI is InChI=1S/C13H15F2NOS2/c14-13(15,11(17)10-6-2-1-3-7-10)19-12(18)16-8-4-5-9-16/h1-3,6-7,11,17H,4-5,8-9H2. The summed E-state index contributed by atoms with van der Waals surface area (Å²) in [6, 6.07) is 7.93. The van der Waals surface area contributed by atoms with Gasteiger partial charge in [-0.25, -0.2) is 0 Å². The number of aliphatic hydroxyl groups is 1. The molecule has 0 amide bonds. The van der Waals surface area contributed by atoms with Gasteiger partial charge in [0.25, 0.3) is 0 Å². The number of benzene rings is 1. The lowest BCUT2D eigenvalue weighted by molar-refractivity contribution is -0.0347. The third-order valence-corrected chi connectivity index (χ3v) is 4.46. The maximum atomic E-state index is 14.0. The highest BCUT2D eigenvalue weighted by Crippen LogP contribution is 2.42. The van der Waals surface area contributed by atoms with E-state index in [1.165, 1.54) is 12.1 Å². The Balaban J connectivity index is 2.02. The summed E-state index contributed by atoms with van der Waals surface area (Å²) >= 11 is 5.30. The summed E-state index contributed by atoms with van der Waals surface area (Å²) in [5.74, 6) is 0. The molecule has 1 N–H and O–H groups in total. The molecule has 1 unspecified atom stereocenters. The fourth-order valence-corrected chi connectivity index (χ4v) is 3.27. The number of thiocarbonyl (C=S) groups is 1. The van der Waals surface area contributed by atoms with Gasteiger partial charge in [-0.2, -0.15) is 8.78 Å². The van der Waals surface area contributed by atoms with Crippen molar-refractivity contribution in [3.8, 4) is 0 Å². The van der Waals surface area contributed by atoms with E-state index in [1.54, 1.807) is 23.1 Å². The summed E-state index contributed by atoms with van der Waals surface area (Å²) in [5, 5.41) is 6.47. The Kier molecular flexibility index (Phi) is 4.76. The first-order valence-electron chi connectivity index (χ1n) is 6.09. The Morgan fingerprint density at radius 2 is 1.84 bits per heavy atom. The second-order valence-corrected chi connectivity index (χ2v) is 6.22. The van der Waals surface area contributed by atoms with Gasteiger partial charge in [-0.15, -0.1) is 0 Å². The van der Waals surface area contributed by atoms with Crippen molar-refractivity contribution < 1.29 is 13.9 Å². The van der Waals surface area contributed by atoms with Gasteiger partial charge in [0.15, 0.2) is 6.10 Å². The zero-order valence-corrected chi connectivity index (χ0v) is 11.9. The molecule has 2 rings (SSSR count). The van der Waals surface area contributed by atoms with Crippen molar-refractivity contribution in [3.05, 3.63) is 35.9 Å². The first-order valence-corrected chi connectivity index (χ1v) is 7.32. The Hall–Kier alpha value is -0.720. The minimum atomic E-state index is -3.32. The van der Waals surface area contributed by atoms with Crippen molar-refractivity contribution in [1.29, 1.82) is 0 Å². The highest BCUT2D eigenvalue weighted by molar-refractivity contribution is 8.23. The van der Waals surface area contributed by atoms with Gasteiger partial charge in [0.1, 0.15) is 4.32 Å². The summed E-state index contributed by atoms with van der Waals surface area (Å²) < 4.78 is 28.2. The van der Waals surface area contributed by atoms with Crippen LogP contribution in [-0.4, -0.2) is 32.7 Å². The average Bonchev–Trinajstić information content (AvgIpc) is 2.92. The molecule has 0 aromatic heterocycles. The normalized spacial score (nSPS) is 17.5. The van der Waals surface area contributed by atoms with Crippen molar-refractivity contribution in [2.45, 2.75) is 24.2 Å². The molecule has 0 bridgehead atoms. The third-order valence-electron chi connectivity index (χ3n) is 3.02. The Labute approximate surface area is 120 Å². The highest BCUT2D eigenvalue weighted by atomic mass is 32.2. The van der Waals surface area contributed by atoms with Crippen molar-refractivity contribution in [2.75, 3.05) is 13.1 Å². The molecule has 1 atom stereocenters. The molecule has 1 saturated heterocycles. The molecule has 104 valence electrons. The van der Waals surface area contributed by atoms with Crippen molar-refractivity contribution >= 4 is 28.3 Å². The topological polar surface area (TPSA) is 23.5 Å². The maximum Gasteiger partial charge on any atom is 0.329 e. The molecular weight excluding hydrogens is 288 g/mol. The monoisotopic (exact) mass is 303 g/mol. The first-order chi connectivity index (χ1) is 9.00. The number of hydrogen-bond acceptors (Lipinski definition) is 3. The van der Waals surface area contributed by atoms with Gasteiger partial charge in [-0.05, 0) is 30.2 Å². The first kappa shape index (κ1) is 14.7. The van der Waals surface area contributed by atoms with Crippen LogP contribution >= 0.6 is 24.0 Å². The molecule has 6 heteroatoms. The smallest absolute Gasteiger partial charge is 0.329 e. The molecule has 19 heavy (non-hydrogen) atoms. The lowest BCUT2D eigenvalue weighted by atomic mass is 10.1. The molecule has 1 aliphatic rings. The quantitative estimate of drug-likeness (QED) is 0.864. The van der Waals surface area contributed by atoms with Crippen LogP contribution in [0.1, 0.15) is 24.5 Å². The van der Waals surface area contributed by atoms with Gasteiger partial charge >= 0.3 is 5.25 Å². The lowest BCUT2D eigenvalue weighted by Crippen LogP contribution is -2.30. The van der Waals surface area contributed by atoms with Gasteiger partial charge in [-0.3, -0.25) is 0 Å².